The summed E-state index contributed by atoms with van der Waals surface area (Å²) in [6, 6.07) is 5.40. The van der Waals surface area contributed by atoms with Gasteiger partial charge in [-0.2, -0.15) is 0 Å². The van der Waals surface area contributed by atoms with Gasteiger partial charge in [0.1, 0.15) is 11.6 Å². The van der Waals surface area contributed by atoms with Gasteiger partial charge in [0.25, 0.3) is 5.56 Å². The molecule has 0 saturated heterocycles. The summed E-state index contributed by atoms with van der Waals surface area (Å²) >= 11 is 0. The Morgan fingerprint density at radius 3 is 2.64 bits per heavy atom. The normalized spacial score (nSPS) is 10.7. The highest BCUT2D eigenvalue weighted by molar-refractivity contribution is 5.70. The van der Waals surface area contributed by atoms with Crippen LogP contribution in [0.1, 0.15) is 17.1 Å². The maximum absolute atomic E-state index is 11.7. The van der Waals surface area contributed by atoms with Gasteiger partial charge in [0.05, 0.1) is 32.0 Å². The summed E-state index contributed by atoms with van der Waals surface area (Å²) < 4.78 is 12.9. The van der Waals surface area contributed by atoms with E-state index >= 15 is 0 Å². The maximum atomic E-state index is 11.7. The quantitative estimate of drug-likeness (QED) is 0.771. The van der Waals surface area contributed by atoms with Crippen LogP contribution in [0, 0.1) is 13.8 Å². The van der Waals surface area contributed by atoms with Crippen LogP contribution in [0.15, 0.2) is 35.4 Å². The first-order chi connectivity index (χ1) is 12.0. The van der Waals surface area contributed by atoms with Crippen LogP contribution < -0.4 is 15.0 Å². The number of rotatable bonds is 5. The molecule has 0 unspecified atom stereocenters. The average molecular weight is 340 g/mol. The maximum Gasteiger partial charge on any atom is 0.251 e. The van der Waals surface area contributed by atoms with Gasteiger partial charge >= 0.3 is 0 Å². The summed E-state index contributed by atoms with van der Waals surface area (Å²) in [5.41, 5.74) is 2.36. The summed E-state index contributed by atoms with van der Waals surface area (Å²) in [7, 11) is 3.21. The molecule has 3 rings (SSSR count). The van der Waals surface area contributed by atoms with Gasteiger partial charge in [0.15, 0.2) is 11.5 Å². The van der Waals surface area contributed by atoms with Gasteiger partial charge < -0.3 is 19.0 Å². The Labute approximate surface area is 145 Å². The molecule has 130 valence electrons. The van der Waals surface area contributed by atoms with Crippen molar-refractivity contribution in [1.29, 1.82) is 0 Å². The molecule has 0 fully saturated rings. The fourth-order valence-corrected chi connectivity index (χ4v) is 2.85. The third-order valence-electron chi connectivity index (χ3n) is 3.83. The molecule has 2 aromatic heterocycles. The summed E-state index contributed by atoms with van der Waals surface area (Å²) in [5.74, 6) is 2.57. The lowest BCUT2D eigenvalue weighted by molar-refractivity contribution is 0.355. The molecular weight excluding hydrogens is 320 g/mol. The molecule has 0 amide bonds. The van der Waals surface area contributed by atoms with Gasteiger partial charge in [-0.05, 0) is 31.5 Å². The smallest absolute Gasteiger partial charge is 0.251 e. The number of hydrogen-bond acceptors (Lipinski definition) is 5. The zero-order valence-electron chi connectivity index (χ0n) is 14.7. The van der Waals surface area contributed by atoms with Crippen molar-refractivity contribution < 1.29 is 9.47 Å². The van der Waals surface area contributed by atoms with E-state index in [-0.39, 0.29) is 5.56 Å². The van der Waals surface area contributed by atoms with E-state index in [4.69, 9.17) is 9.47 Å². The van der Waals surface area contributed by atoms with Crippen LogP contribution in [0.25, 0.3) is 11.4 Å². The molecule has 7 nitrogen and oxygen atoms in total. The Hall–Kier alpha value is -3.09. The van der Waals surface area contributed by atoms with E-state index in [1.54, 1.807) is 27.3 Å². The highest BCUT2D eigenvalue weighted by Gasteiger charge is 2.17. The second-order valence-corrected chi connectivity index (χ2v) is 5.75. The minimum atomic E-state index is -0.168. The van der Waals surface area contributed by atoms with Crippen molar-refractivity contribution >= 4 is 0 Å². The molecule has 3 aromatic rings. The van der Waals surface area contributed by atoms with Crippen molar-refractivity contribution in [2.75, 3.05) is 14.2 Å². The highest BCUT2D eigenvalue weighted by Crippen LogP contribution is 2.38. The molecule has 0 atom stereocenters. The fourth-order valence-electron chi connectivity index (χ4n) is 2.85. The third kappa shape index (κ3) is 3.40. The zero-order valence-corrected chi connectivity index (χ0v) is 14.7. The molecule has 0 aliphatic carbocycles. The lowest BCUT2D eigenvalue weighted by Crippen LogP contribution is -2.13. The lowest BCUT2D eigenvalue weighted by atomic mass is 10.1. The van der Waals surface area contributed by atoms with Crippen LogP contribution in [0.3, 0.4) is 0 Å². The predicted molar refractivity (Wildman–Crippen MR) is 94.2 cm³/mol. The topological polar surface area (TPSA) is 82.0 Å². The van der Waals surface area contributed by atoms with E-state index in [9.17, 15) is 4.79 Å². The number of aryl methyl sites for hydroxylation is 2. The van der Waals surface area contributed by atoms with E-state index in [1.165, 1.54) is 6.07 Å². The Morgan fingerprint density at radius 1 is 1.16 bits per heavy atom. The number of H-pyrrole nitrogens is 1. The van der Waals surface area contributed by atoms with Crippen LogP contribution in [-0.4, -0.2) is 33.7 Å². The molecule has 1 N–H and O–H groups in total. The van der Waals surface area contributed by atoms with Crippen LogP contribution in [0.4, 0.5) is 0 Å². The third-order valence-corrected chi connectivity index (χ3v) is 3.83. The number of methoxy groups -OCH3 is 2. The van der Waals surface area contributed by atoms with E-state index in [1.807, 2.05) is 29.8 Å². The Morgan fingerprint density at radius 2 is 1.96 bits per heavy atom. The van der Waals surface area contributed by atoms with Crippen LogP contribution in [0.2, 0.25) is 0 Å². The number of ether oxygens (including phenoxy) is 2. The highest BCUT2D eigenvalue weighted by atomic mass is 16.5. The first-order valence-electron chi connectivity index (χ1n) is 7.82. The van der Waals surface area contributed by atoms with Crippen molar-refractivity contribution in [3.05, 3.63) is 58.0 Å². The van der Waals surface area contributed by atoms with Gasteiger partial charge in [-0.15, -0.1) is 0 Å². The molecule has 7 heteroatoms. The van der Waals surface area contributed by atoms with Gasteiger partial charge in [0.2, 0.25) is 0 Å². The number of aromatic amines is 1. The van der Waals surface area contributed by atoms with Crippen LogP contribution >= 0.6 is 0 Å². The molecule has 0 aliphatic heterocycles. The van der Waals surface area contributed by atoms with Gasteiger partial charge in [0, 0.05) is 18.5 Å². The number of nitrogens with zero attached hydrogens (tertiary/aromatic N) is 3. The summed E-state index contributed by atoms with van der Waals surface area (Å²) in [5, 5.41) is 0. The summed E-state index contributed by atoms with van der Waals surface area (Å²) in [4.78, 5) is 23.2. The lowest BCUT2D eigenvalue weighted by Gasteiger charge is -2.15. The molecule has 2 heterocycles. The molecular formula is C18H20N4O3. The van der Waals surface area contributed by atoms with Gasteiger partial charge in [-0.25, -0.2) is 9.97 Å². The minimum absolute atomic E-state index is 0.168. The second kappa shape index (κ2) is 6.80. The first kappa shape index (κ1) is 16.8. The summed E-state index contributed by atoms with van der Waals surface area (Å²) in [6.07, 6.45) is 3.56. The van der Waals surface area contributed by atoms with E-state index in [0.29, 0.717) is 29.6 Å². The number of nitrogens with one attached hydrogen (secondary N) is 1. The van der Waals surface area contributed by atoms with E-state index in [0.717, 1.165) is 17.0 Å². The molecule has 0 bridgehead atoms. The first-order valence-corrected chi connectivity index (χ1v) is 7.82. The van der Waals surface area contributed by atoms with Crippen molar-refractivity contribution in [3.8, 4) is 22.9 Å². The Balaban J connectivity index is 2.08. The van der Waals surface area contributed by atoms with Crippen LogP contribution in [-0.2, 0) is 6.54 Å². The van der Waals surface area contributed by atoms with E-state index in [2.05, 4.69) is 15.0 Å². The SMILES string of the molecule is COc1cc(C)cc(-c2nccn2Cc2cc(=O)[nH]c(C)n2)c1OC. The van der Waals surface area contributed by atoms with Gasteiger partial charge in [-0.1, -0.05) is 0 Å². The molecule has 25 heavy (non-hydrogen) atoms. The van der Waals surface area contributed by atoms with Crippen molar-refractivity contribution in [2.45, 2.75) is 20.4 Å². The van der Waals surface area contributed by atoms with Crippen molar-refractivity contribution in [3.63, 3.8) is 0 Å². The van der Waals surface area contributed by atoms with Gasteiger partial charge in [-0.3, -0.25) is 4.79 Å². The average Bonchev–Trinajstić information content (AvgIpc) is 3.00. The molecule has 1 aromatic carbocycles. The van der Waals surface area contributed by atoms with Crippen molar-refractivity contribution in [1.82, 2.24) is 19.5 Å². The Bertz CT molecular complexity index is 959. The van der Waals surface area contributed by atoms with Crippen molar-refractivity contribution in [2.24, 2.45) is 0 Å². The molecule has 0 spiro atoms. The molecule has 0 aliphatic rings. The minimum Gasteiger partial charge on any atom is -0.493 e. The monoisotopic (exact) mass is 340 g/mol. The molecule has 0 saturated carbocycles. The number of imidazole rings is 1. The zero-order chi connectivity index (χ0) is 18.0. The second-order valence-electron chi connectivity index (χ2n) is 5.75. The number of benzene rings is 1. The number of aromatic nitrogens is 4. The molecule has 0 radical (unpaired) electrons. The van der Waals surface area contributed by atoms with Crippen LogP contribution in [0.5, 0.6) is 11.5 Å². The standard InChI is InChI=1S/C18H20N4O3/c1-11-7-14(17(25-4)15(8-11)24-3)18-19-5-6-22(18)10-13-9-16(23)21-12(2)20-13/h5-9H,10H2,1-4H3,(H,20,21,23). The predicted octanol–water partition coefficient (Wildman–Crippen LogP) is 2.32. The Kier molecular flexibility index (Phi) is 4.56. The summed E-state index contributed by atoms with van der Waals surface area (Å²) in [6.45, 7) is 4.17. The largest absolute Gasteiger partial charge is 0.493 e. The fraction of sp³-hybridized carbons (Fsp3) is 0.278. The van der Waals surface area contributed by atoms with E-state index < -0.39 is 0 Å². The number of hydrogen-bond donors (Lipinski definition) is 1.